The molecule has 0 saturated heterocycles. The molecule has 1 aromatic rings. The van der Waals surface area contributed by atoms with Crippen molar-refractivity contribution >= 4 is 11.4 Å². The molecule has 0 radical (unpaired) electrons. The maximum absolute atomic E-state index is 12.2. The molecule has 1 aliphatic rings. The third-order valence-corrected chi connectivity index (χ3v) is 5.04. The summed E-state index contributed by atoms with van der Waals surface area (Å²) in [7, 11) is 0. The van der Waals surface area contributed by atoms with Crippen molar-refractivity contribution in [2.75, 3.05) is 0 Å². The highest BCUT2D eigenvalue weighted by atomic mass is 32.2. The van der Waals surface area contributed by atoms with Gasteiger partial charge in [0.15, 0.2) is 0 Å². The SMILES string of the molecule is CC(C)[C@H]1C[C@@H](N[S+]([O-])C(C)(C)C)c2ccnn21. The molecule has 1 unspecified atom stereocenters. The van der Waals surface area contributed by atoms with Gasteiger partial charge in [0.2, 0.25) is 0 Å². The number of aromatic nitrogens is 2. The van der Waals surface area contributed by atoms with Crippen LogP contribution in [0.2, 0.25) is 0 Å². The summed E-state index contributed by atoms with van der Waals surface area (Å²) in [5, 5.41) is 4.40. The fourth-order valence-corrected chi connectivity index (χ4v) is 3.14. The van der Waals surface area contributed by atoms with Gasteiger partial charge in [-0.05, 0) is 39.2 Å². The van der Waals surface area contributed by atoms with Crippen molar-refractivity contribution in [2.45, 2.75) is 57.9 Å². The average Bonchev–Trinajstić information content (AvgIpc) is 2.79. The first-order valence-corrected chi connectivity index (χ1v) is 7.67. The number of rotatable bonds is 3. The molecule has 2 heterocycles. The molecule has 0 amide bonds. The molecule has 3 atom stereocenters. The minimum atomic E-state index is -1.04. The van der Waals surface area contributed by atoms with Crippen LogP contribution in [0.4, 0.5) is 0 Å². The zero-order valence-corrected chi connectivity index (χ0v) is 12.6. The Morgan fingerprint density at radius 1 is 1.50 bits per heavy atom. The Balaban J connectivity index is 2.14. The van der Waals surface area contributed by atoms with Crippen molar-refractivity contribution in [1.82, 2.24) is 14.5 Å². The van der Waals surface area contributed by atoms with Gasteiger partial charge in [-0.1, -0.05) is 13.8 Å². The van der Waals surface area contributed by atoms with Gasteiger partial charge in [-0.15, -0.1) is 4.72 Å². The minimum Gasteiger partial charge on any atom is -0.598 e. The van der Waals surface area contributed by atoms with Crippen molar-refractivity contribution in [3.05, 3.63) is 18.0 Å². The summed E-state index contributed by atoms with van der Waals surface area (Å²) in [4.78, 5) is 0. The van der Waals surface area contributed by atoms with Gasteiger partial charge in [0.25, 0.3) is 0 Å². The summed E-state index contributed by atoms with van der Waals surface area (Å²) in [6.07, 6.45) is 2.81. The van der Waals surface area contributed by atoms with E-state index in [0.717, 1.165) is 12.1 Å². The van der Waals surface area contributed by atoms with Crippen LogP contribution in [-0.4, -0.2) is 19.1 Å². The Labute approximate surface area is 112 Å². The third kappa shape index (κ3) is 2.58. The molecule has 0 spiro atoms. The van der Waals surface area contributed by atoms with Crippen molar-refractivity contribution < 1.29 is 4.55 Å². The van der Waals surface area contributed by atoms with Crippen molar-refractivity contribution in [1.29, 1.82) is 0 Å². The summed E-state index contributed by atoms with van der Waals surface area (Å²) in [6.45, 7) is 10.4. The van der Waals surface area contributed by atoms with Gasteiger partial charge in [-0.3, -0.25) is 4.68 Å². The van der Waals surface area contributed by atoms with Gasteiger partial charge >= 0.3 is 0 Å². The van der Waals surface area contributed by atoms with E-state index in [1.54, 1.807) is 0 Å². The number of fused-ring (bicyclic) bond motifs is 1. The highest BCUT2D eigenvalue weighted by Gasteiger charge is 2.38. The smallest absolute Gasteiger partial charge is 0.136 e. The van der Waals surface area contributed by atoms with E-state index < -0.39 is 11.4 Å². The Morgan fingerprint density at radius 3 is 2.72 bits per heavy atom. The lowest BCUT2D eigenvalue weighted by atomic mass is 10.0. The number of hydrogen-bond donors (Lipinski definition) is 1. The molecule has 0 aromatic carbocycles. The fourth-order valence-electron chi connectivity index (χ4n) is 2.31. The van der Waals surface area contributed by atoms with E-state index in [2.05, 4.69) is 28.4 Å². The molecule has 0 aliphatic carbocycles. The fraction of sp³-hybridized carbons (Fsp3) is 0.769. The lowest BCUT2D eigenvalue weighted by molar-refractivity contribution is 0.352. The lowest BCUT2D eigenvalue weighted by Gasteiger charge is -2.26. The van der Waals surface area contributed by atoms with E-state index in [9.17, 15) is 4.55 Å². The van der Waals surface area contributed by atoms with Crippen LogP contribution >= 0.6 is 0 Å². The van der Waals surface area contributed by atoms with Gasteiger partial charge in [-0.2, -0.15) is 5.10 Å². The number of nitrogens with one attached hydrogen (secondary N) is 1. The average molecular weight is 269 g/mol. The Bertz CT molecular complexity index is 411. The maximum atomic E-state index is 12.2. The van der Waals surface area contributed by atoms with Gasteiger partial charge in [-0.25, -0.2) is 0 Å². The zero-order valence-electron chi connectivity index (χ0n) is 11.8. The molecule has 1 N–H and O–H groups in total. The first-order chi connectivity index (χ1) is 8.30. The third-order valence-electron chi connectivity index (χ3n) is 3.42. The van der Waals surface area contributed by atoms with Crippen LogP contribution in [0.25, 0.3) is 0 Å². The van der Waals surface area contributed by atoms with E-state index in [4.69, 9.17) is 0 Å². The van der Waals surface area contributed by atoms with E-state index in [1.807, 2.05) is 33.0 Å². The summed E-state index contributed by atoms with van der Waals surface area (Å²) >= 11 is -1.04. The molecule has 0 saturated carbocycles. The van der Waals surface area contributed by atoms with Crippen LogP contribution in [0.1, 0.15) is 58.8 Å². The standard InChI is InChI=1S/C13H23N3OS/c1-9(2)12-8-10(11-6-7-14-16(11)12)15-18(17)13(3,4)5/h6-7,9-10,12,15H,8H2,1-5H3/t10-,12-,18?/m1/s1. The molecule has 1 aliphatic heterocycles. The second kappa shape index (κ2) is 4.87. The zero-order chi connectivity index (χ0) is 13.5. The lowest BCUT2D eigenvalue weighted by Crippen LogP contribution is -2.40. The molecule has 5 heteroatoms. The molecule has 0 bridgehead atoms. The van der Waals surface area contributed by atoms with E-state index in [0.29, 0.717) is 12.0 Å². The highest BCUT2D eigenvalue weighted by Crippen LogP contribution is 2.38. The van der Waals surface area contributed by atoms with Crippen LogP contribution < -0.4 is 4.72 Å². The molecular weight excluding hydrogens is 246 g/mol. The van der Waals surface area contributed by atoms with E-state index in [1.165, 1.54) is 0 Å². The topological polar surface area (TPSA) is 52.9 Å². The van der Waals surface area contributed by atoms with Crippen LogP contribution in [0.3, 0.4) is 0 Å². The first kappa shape index (κ1) is 13.9. The highest BCUT2D eigenvalue weighted by molar-refractivity contribution is 7.90. The van der Waals surface area contributed by atoms with Gasteiger partial charge < -0.3 is 4.55 Å². The molecule has 0 fully saturated rings. The molecule has 1 aromatic heterocycles. The van der Waals surface area contributed by atoms with Gasteiger partial charge in [0.05, 0.1) is 17.8 Å². The predicted octanol–water partition coefficient (Wildman–Crippen LogP) is 2.58. The normalized spacial score (nSPS) is 25.5. The van der Waals surface area contributed by atoms with Crippen LogP contribution in [0, 0.1) is 5.92 Å². The predicted molar refractivity (Wildman–Crippen MR) is 74.5 cm³/mol. The van der Waals surface area contributed by atoms with Crippen molar-refractivity contribution in [2.24, 2.45) is 5.92 Å². The number of hydrogen-bond acceptors (Lipinski definition) is 3. The van der Waals surface area contributed by atoms with Gasteiger partial charge in [0.1, 0.15) is 4.75 Å². The molecule has 2 rings (SSSR count). The quantitative estimate of drug-likeness (QED) is 0.858. The summed E-state index contributed by atoms with van der Waals surface area (Å²) in [5.41, 5.74) is 1.16. The largest absolute Gasteiger partial charge is 0.598 e. The summed E-state index contributed by atoms with van der Waals surface area (Å²) in [6, 6.07) is 2.59. The Kier molecular flexibility index (Phi) is 3.76. The first-order valence-electron chi connectivity index (χ1n) is 6.52. The molecule has 4 nitrogen and oxygen atoms in total. The van der Waals surface area contributed by atoms with E-state index >= 15 is 0 Å². The van der Waals surface area contributed by atoms with E-state index in [-0.39, 0.29) is 10.8 Å². The second-order valence-corrected chi connectivity index (χ2v) is 8.30. The van der Waals surface area contributed by atoms with Crippen LogP contribution in [0.15, 0.2) is 12.3 Å². The molecule has 18 heavy (non-hydrogen) atoms. The summed E-state index contributed by atoms with van der Waals surface area (Å²) < 4.78 is 17.3. The summed E-state index contributed by atoms with van der Waals surface area (Å²) in [5.74, 6) is 0.540. The second-order valence-electron chi connectivity index (χ2n) is 6.30. The maximum Gasteiger partial charge on any atom is 0.136 e. The van der Waals surface area contributed by atoms with Crippen molar-refractivity contribution in [3.8, 4) is 0 Å². The Morgan fingerprint density at radius 2 is 2.17 bits per heavy atom. The van der Waals surface area contributed by atoms with Crippen LogP contribution in [0.5, 0.6) is 0 Å². The number of nitrogens with zero attached hydrogens (tertiary/aromatic N) is 2. The minimum absolute atomic E-state index is 0.153. The monoisotopic (exact) mass is 269 g/mol. The van der Waals surface area contributed by atoms with Crippen molar-refractivity contribution in [3.63, 3.8) is 0 Å². The Hall–Kier alpha value is -0.520. The molecule has 102 valence electrons. The van der Waals surface area contributed by atoms with Crippen LogP contribution in [-0.2, 0) is 11.4 Å². The van der Waals surface area contributed by atoms with Gasteiger partial charge in [0, 0.05) is 17.6 Å². The molecular formula is C13H23N3OS.